The van der Waals surface area contributed by atoms with Gasteiger partial charge in [0.05, 0.1) is 12.8 Å². The van der Waals surface area contributed by atoms with E-state index in [9.17, 15) is 4.79 Å². The van der Waals surface area contributed by atoms with Gasteiger partial charge >= 0.3 is 0 Å². The van der Waals surface area contributed by atoms with Gasteiger partial charge in [-0.3, -0.25) is 4.79 Å². The molecule has 5 nitrogen and oxygen atoms in total. The molecule has 0 fully saturated rings. The molecule has 1 aliphatic heterocycles. The number of carbonyl (C=O) groups is 1. The SMILES string of the molecule is COc1cccc(CC2Oc3cc(N)ccc3NC2=O)c1. The van der Waals surface area contributed by atoms with Crippen LogP contribution < -0.4 is 20.5 Å². The van der Waals surface area contributed by atoms with Gasteiger partial charge in [-0.1, -0.05) is 12.1 Å². The Morgan fingerprint density at radius 2 is 2.14 bits per heavy atom. The number of nitrogens with two attached hydrogens (primary N) is 1. The van der Waals surface area contributed by atoms with E-state index >= 15 is 0 Å². The van der Waals surface area contributed by atoms with Gasteiger partial charge in [0.25, 0.3) is 5.91 Å². The zero-order chi connectivity index (χ0) is 14.8. The fraction of sp³-hybridized carbons (Fsp3) is 0.188. The minimum absolute atomic E-state index is 0.157. The molecule has 0 bridgehead atoms. The number of nitrogens with one attached hydrogen (secondary N) is 1. The summed E-state index contributed by atoms with van der Waals surface area (Å²) >= 11 is 0. The Bertz CT molecular complexity index is 685. The normalized spacial score (nSPS) is 16.6. The predicted molar refractivity (Wildman–Crippen MR) is 80.6 cm³/mol. The zero-order valence-corrected chi connectivity index (χ0v) is 11.6. The van der Waals surface area contributed by atoms with Gasteiger partial charge in [-0.15, -0.1) is 0 Å². The lowest BCUT2D eigenvalue weighted by molar-refractivity contribution is -0.123. The lowest BCUT2D eigenvalue weighted by Gasteiger charge is -2.26. The number of hydrogen-bond acceptors (Lipinski definition) is 4. The van der Waals surface area contributed by atoms with E-state index in [1.807, 2.05) is 24.3 Å². The Balaban J connectivity index is 1.81. The van der Waals surface area contributed by atoms with E-state index in [1.165, 1.54) is 0 Å². The summed E-state index contributed by atoms with van der Waals surface area (Å²) in [4.78, 5) is 12.1. The van der Waals surface area contributed by atoms with Gasteiger partial charge in [0.2, 0.25) is 0 Å². The van der Waals surface area contributed by atoms with Crippen molar-refractivity contribution in [1.29, 1.82) is 0 Å². The number of carbonyl (C=O) groups excluding carboxylic acids is 1. The minimum Gasteiger partial charge on any atom is -0.497 e. The molecule has 1 aliphatic rings. The van der Waals surface area contributed by atoms with Gasteiger partial charge in [0.1, 0.15) is 11.5 Å². The van der Waals surface area contributed by atoms with Crippen LogP contribution in [0.4, 0.5) is 11.4 Å². The highest BCUT2D eigenvalue weighted by Crippen LogP contribution is 2.32. The van der Waals surface area contributed by atoms with Gasteiger partial charge in [-0.25, -0.2) is 0 Å². The highest BCUT2D eigenvalue weighted by Gasteiger charge is 2.27. The van der Waals surface area contributed by atoms with E-state index in [2.05, 4.69) is 5.32 Å². The van der Waals surface area contributed by atoms with Crippen molar-refractivity contribution in [1.82, 2.24) is 0 Å². The van der Waals surface area contributed by atoms with Crippen molar-refractivity contribution in [3.05, 3.63) is 48.0 Å². The van der Waals surface area contributed by atoms with E-state index in [-0.39, 0.29) is 5.91 Å². The van der Waals surface area contributed by atoms with Crippen molar-refractivity contribution in [2.45, 2.75) is 12.5 Å². The van der Waals surface area contributed by atoms with Crippen LogP contribution in [0.2, 0.25) is 0 Å². The summed E-state index contributed by atoms with van der Waals surface area (Å²) in [6.07, 6.45) is -0.108. The third-order valence-electron chi connectivity index (χ3n) is 3.38. The second-order valence-electron chi connectivity index (χ2n) is 4.91. The van der Waals surface area contributed by atoms with Crippen LogP contribution in [-0.2, 0) is 11.2 Å². The molecule has 0 spiro atoms. The quantitative estimate of drug-likeness (QED) is 0.848. The van der Waals surface area contributed by atoms with Crippen LogP contribution in [0.5, 0.6) is 11.5 Å². The fourth-order valence-electron chi connectivity index (χ4n) is 2.31. The molecule has 21 heavy (non-hydrogen) atoms. The molecule has 3 N–H and O–H groups in total. The van der Waals surface area contributed by atoms with Crippen molar-refractivity contribution in [3.8, 4) is 11.5 Å². The van der Waals surface area contributed by atoms with Gasteiger partial charge in [0.15, 0.2) is 6.10 Å². The Kier molecular flexibility index (Phi) is 3.39. The number of benzene rings is 2. The van der Waals surface area contributed by atoms with Crippen LogP contribution in [0.25, 0.3) is 0 Å². The zero-order valence-electron chi connectivity index (χ0n) is 11.6. The molecule has 5 heteroatoms. The van der Waals surface area contributed by atoms with Crippen LogP contribution in [0.1, 0.15) is 5.56 Å². The monoisotopic (exact) mass is 284 g/mol. The topological polar surface area (TPSA) is 73.6 Å². The molecule has 2 aromatic rings. The lowest BCUT2D eigenvalue weighted by atomic mass is 10.1. The molecule has 1 atom stereocenters. The lowest BCUT2D eigenvalue weighted by Crippen LogP contribution is -2.38. The smallest absolute Gasteiger partial charge is 0.265 e. The number of rotatable bonds is 3. The van der Waals surface area contributed by atoms with Crippen LogP contribution in [-0.4, -0.2) is 19.1 Å². The molecule has 1 unspecified atom stereocenters. The third kappa shape index (κ3) is 2.76. The summed E-state index contributed by atoms with van der Waals surface area (Å²) in [6, 6.07) is 12.8. The van der Waals surface area contributed by atoms with Gasteiger partial charge in [-0.2, -0.15) is 0 Å². The first-order valence-corrected chi connectivity index (χ1v) is 6.65. The van der Waals surface area contributed by atoms with Crippen LogP contribution >= 0.6 is 0 Å². The standard InChI is InChI=1S/C16H16N2O3/c1-20-12-4-2-3-10(7-12)8-15-16(19)18-13-6-5-11(17)9-14(13)21-15/h2-7,9,15H,8,17H2,1H3,(H,18,19). The van der Waals surface area contributed by atoms with Gasteiger partial charge in [0, 0.05) is 18.2 Å². The molecule has 3 rings (SSSR count). The molecular formula is C16H16N2O3. The van der Waals surface area contributed by atoms with E-state index in [0.29, 0.717) is 23.5 Å². The van der Waals surface area contributed by atoms with Crippen molar-refractivity contribution < 1.29 is 14.3 Å². The number of ether oxygens (including phenoxy) is 2. The summed E-state index contributed by atoms with van der Waals surface area (Å²) in [7, 11) is 1.61. The summed E-state index contributed by atoms with van der Waals surface area (Å²) in [5.41, 5.74) is 7.97. The van der Waals surface area contributed by atoms with Crippen LogP contribution in [0.3, 0.4) is 0 Å². The van der Waals surface area contributed by atoms with Crippen molar-refractivity contribution in [2.75, 3.05) is 18.2 Å². The number of amides is 1. The van der Waals surface area contributed by atoms with Crippen LogP contribution in [0, 0.1) is 0 Å². The van der Waals surface area contributed by atoms with Crippen molar-refractivity contribution >= 4 is 17.3 Å². The Hall–Kier alpha value is -2.69. The number of fused-ring (bicyclic) bond motifs is 1. The van der Waals surface area contributed by atoms with E-state index in [1.54, 1.807) is 25.3 Å². The number of methoxy groups -OCH3 is 1. The molecule has 0 saturated heterocycles. The number of nitrogen functional groups attached to an aromatic ring is 1. The summed E-state index contributed by atoms with van der Waals surface area (Å²) in [5.74, 6) is 1.20. The highest BCUT2D eigenvalue weighted by atomic mass is 16.5. The first-order valence-electron chi connectivity index (χ1n) is 6.65. The minimum atomic E-state index is -0.577. The first-order chi connectivity index (χ1) is 10.2. The molecule has 108 valence electrons. The van der Waals surface area contributed by atoms with E-state index in [4.69, 9.17) is 15.2 Å². The van der Waals surface area contributed by atoms with E-state index in [0.717, 1.165) is 11.3 Å². The summed E-state index contributed by atoms with van der Waals surface area (Å²) in [5, 5.41) is 2.84. The second-order valence-corrected chi connectivity index (χ2v) is 4.91. The maximum Gasteiger partial charge on any atom is 0.265 e. The average molecular weight is 284 g/mol. The predicted octanol–water partition coefficient (Wildman–Crippen LogP) is 2.22. The Labute approximate surface area is 122 Å². The van der Waals surface area contributed by atoms with E-state index < -0.39 is 6.10 Å². The maximum atomic E-state index is 12.1. The van der Waals surface area contributed by atoms with Crippen LogP contribution in [0.15, 0.2) is 42.5 Å². The second kappa shape index (κ2) is 5.36. The molecule has 2 aromatic carbocycles. The molecule has 0 aliphatic carbocycles. The highest BCUT2D eigenvalue weighted by molar-refractivity contribution is 5.98. The largest absolute Gasteiger partial charge is 0.497 e. The van der Waals surface area contributed by atoms with Crippen molar-refractivity contribution in [2.24, 2.45) is 0 Å². The Morgan fingerprint density at radius 3 is 2.95 bits per heavy atom. The molecular weight excluding hydrogens is 268 g/mol. The molecule has 0 radical (unpaired) electrons. The molecule has 1 amide bonds. The number of hydrogen-bond donors (Lipinski definition) is 2. The van der Waals surface area contributed by atoms with Crippen molar-refractivity contribution in [3.63, 3.8) is 0 Å². The third-order valence-corrected chi connectivity index (χ3v) is 3.38. The maximum absolute atomic E-state index is 12.1. The molecule has 0 aromatic heterocycles. The summed E-state index contributed by atoms with van der Waals surface area (Å²) < 4.78 is 11.0. The van der Waals surface area contributed by atoms with Gasteiger partial charge in [-0.05, 0) is 29.8 Å². The molecule has 0 saturated carbocycles. The van der Waals surface area contributed by atoms with Gasteiger partial charge < -0.3 is 20.5 Å². The number of anilines is 2. The fourth-order valence-corrected chi connectivity index (χ4v) is 2.31. The average Bonchev–Trinajstić information content (AvgIpc) is 2.49. The first kappa shape index (κ1) is 13.3. The Morgan fingerprint density at radius 1 is 1.29 bits per heavy atom. The molecule has 1 heterocycles. The summed E-state index contributed by atoms with van der Waals surface area (Å²) in [6.45, 7) is 0.